The summed E-state index contributed by atoms with van der Waals surface area (Å²) in [5.74, 6) is -0.365. The summed E-state index contributed by atoms with van der Waals surface area (Å²) in [6, 6.07) is 12.7. The molecule has 2 aromatic rings. The molecule has 0 spiro atoms. The molecule has 0 saturated carbocycles. The average Bonchev–Trinajstić information content (AvgIpc) is 2.64. The van der Waals surface area contributed by atoms with Gasteiger partial charge in [-0.25, -0.2) is 17.9 Å². The highest BCUT2D eigenvalue weighted by molar-refractivity contribution is 7.89. The molecule has 2 aromatic carbocycles. The van der Waals surface area contributed by atoms with Crippen molar-refractivity contribution in [3.8, 4) is 0 Å². The van der Waals surface area contributed by atoms with Gasteiger partial charge in [0.2, 0.25) is 10.0 Å². The summed E-state index contributed by atoms with van der Waals surface area (Å²) >= 11 is 0. The van der Waals surface area contributed by atoms with E-state index in [0.29, 0.717) is 17.8 Å². The number of urea groups is 1. The summed E-state index contributed by atoms with van der Waals surface area (Å²) in [6.45, 7) is 9.35. The monoisotopic (exact) mass is 446 g/mol. The summed E-state index contributed by atoms with van der Waals surface area (Å²) in [7, 11) is -3.71. The normalized spacial score (nSPS) is 11.8. The predicted octanol–water partition coefficient (Wildman–Crippen LogP) is 3.22. The van der Waals surface area contributed by atoms with Gasteiger partial charge in [-0.2, -0.15) is 0 Å². The third-order valence-corrected chi connectivity index (χ3v) is 5.69. The van der Waals surface area contributed by atoms with Crippen LogP contribution in [0, 0.1) is 0 Å². The molecule has 9 heteroatoms. The molecule has 0 radical (unpaired) electrons. The van der Waals surface area contributed by atoms with Gasteiger partial charge in [0, 0.05) is 29.4 Å². The highest BCUT2D eigenvalue weighted by atomic mass is 32.2. The number of carbonyl (C=O) groups excluding carboxylic acids is 2. The molecule has 0 unspecified atom stereocenters. The van der Waals surface area contributed by atoms with Crippen LogP contribution in [0.25, 0.3) is 0 Å². The lowest BCUT2D eigenvalue weighted by molar-refractivity contribution is 0.102. The Morgan fingerprint density at radius 2 is 1.65 bits per heavy atom. The first-order valence-corrected chi connectivity index (χ1v) is 11.4. The van der Waals surface area contributed by atoms with Crippen molar-refractivity contribution >= 4 is 27.6 Å². The molecule has 3 amide bonds. The van der Waals surface area contributed by atoms with Crippen molar-refractivity contribution < 1.29 is 18.0 Å². The molecule has 4 N–H and O–H groups in total. The number of hydrogen-bond donors (Lipinski definition) is 4. The van der Waals surface area contributed by atoms with Gasteiger partial charge in [0.25, 0.3) is 5.91 Å². The van der Waals surface area contributed by atoms with Gasteiger partial charge in [-0.15, -0.1) is 0 Å². The maximum atomic E-state index is 12.5. The van der Waals surface area contributed by atoms with E-state index in [1.54, 1.807) is 57.2 Å². The number of amides is 3. The molecular weight excluding hydrogens is 416 g/mol. The maximum absolute atomic E-state index is 12.5. The van der Waals surface area contributed by atoms with Crippen LogP contribution in [0.1, 0.15) is 50.5 Å². The fourth-order valence-electron chi connectivity index (χ4n) is 2.68. The molecular formula is C22H30N4O4S. The Labute approximate surface area is 183 Å². The minimum atomic E-state index is -3.71. The molecule has 0 heterocycles. The lowest BCUT2D eigenvalue weighted by atomic mass is 10.1. The SMILES string of the molecule is CC(C)NC(=O)NCc1ccc(C(=O)Nc2cccc(S(=O)(=O)NC(C)(C)C)c2)cc1. The van der Waals surface area contributed by atoms with Crippen molar-refractivity contribution in [1.82, 2.24) is 15.4 Å². The number of carbonyl (C=O) groups is 2. The van der Waals surface area contributed by atoms with Crippen LogP contribution in [0.3, 0.4) is 0 Å². The topological polar surface area (TPSA) is 116 Å². The Balaban J connectivity index is 2.03. The van der Waals surface area contributed by atoms with Gasteiger partial charge in [-0.1, -0.05) is 18.2 Å². The zero-order chi connectivity index (χ0) is 23.2. The zero-order valence-corrected chi connectivity index (χ0v) is 19.3. The van der Waals surface area contributed by atoms with Crippen molar-refractivity contribution in [2.75, 3.05) is 5.32 Å². The molecule has 0 aliphatic carbocycles. The largest absolute Gasteiger partial charge is 0.336 e. The van der Waals surface area contributed by atoms with Crippen molar-refractivity contribution in [3.63, 3.8) is 0 Å². The minimum absolute atomic E-state index is 0.0452. The number of rotatable bonds is 7. The lowest BCUT2D eigenvalue weighted by Crippen LogP contribution is -2.40. The van der Waals surface area contributed by atoms with Crippen molar-refractivity contribution in [2.45, 2.75) is 57.6 Å². The van der Waals surface area contributed by atoms with Gasteiger partial charge in [0.05, 0.1) is 4.90 Å². The van der Waals surface area contributed by atoms with E-state index in [1.165, 1.54) is 12.1 Å². The number of sulfonamides is 1. The molecule has 31 heavy (non-hydrogen) atoms. The Bertz CT molecular complexity index is 1030. The highest BCUT2D eigenvalue weighted by Crippen LogP contribution is 2.18. The summed E-state index contributed by atoms with van der Waals surface area (Å²) in [5.41, 5.74) is 1.01. The van der Waals surface area contributed by atoms with Crippen LogP contribution < -0.4 is 20.7 Å². The summed E-state index contributed by atoms with van der Waals surface area (Å²) in [6.07, 6.45) is 0. The van der Waals surface area contributed by atoms with Gasteiger partial charge in [0.1, 0.15) is 0 Å². The van der Waals surface area contributed by atoms with Gasteiger partial charge >= 0.3 is 6.03 Å². The second-order valence-electron chi connectivity index (χ2n) is 8.52. The fourth-order valence-corrected chi connectivity index (χ4v) is 4.14. The molecule has 0 bridgehead atoms. The zero-order valence-electron chi connectivity index (χ0n) is 18.4. The van der Waals surface area contributed by atoms with Crippen molar-refractivity contribution in [3.05, 3.63) is 59.7 Å². The molecule has 0 atom stereocenters. The quantitative estimate of drug-likeness (QED) is 0.522. The molecule has 0 fully saturated rings. The number of benzene rings is 2. The summed E-state index contributed by atoms with van der Waals surface area (Å²) in [5, 5.41) is 8.19. The van der Waals surface area contributed by atoms with Crippen LogP contribution in [-0.4, -0.2) is 31.9 Å². The standard InChI is InChI=1S/C22H30N4O4S/c1-15(2)24-21(28)23-14-16-9-11-17(12-10-16)20(27)25-18-7-6-8-19(13-18)31(29,30)26-22(3,4)5/h6-13,15,26H,14H2,1-5H3,(H,25,27)(H2,23,24,28). The smallest absolute Gasteiger partial charge is 0.315 e. The Hall–Kier alpha value is -2.91. The van der Waals surface area contributed by atoms with E-state index in [9.17, 15) is 18.0 Å². The minimum Gasteiger partial charge on any atom is -0.336 e. The number of anilines is 1. The molecule has 0 aromatic heterocycles. The number of hydrogen-bond acceptors (Lipinski definition) is 4. The van der Waals surface area contributed by atoms with Crippen LogP contribution in [0.4, 0.5) is 10.5 Å². The first-order chi connectivity index (χ1) is 14.4. The maximum Gasteiger partial charge on any atom is 0.315 e. The fraction of sp³-hybridized carbons (Fsp3) is 0.364. The molecule has 8 nitrogen and oxygen atoms in total. The van der Waals surface area contributed by atoms with E-state index in [-0.39, 0.29) is 22.9 Å². The van der Waals surface area contributed by atoms with Crippen molar-refractivity contribution in [1.29, 1.82) is 0 Å². The van der Waals surface area contributed by atoms with E-state index in [2.05, 4.69) is 20.7 Å². The molecule has 168 valence electrons. The Morgan fingerprint density at radius 3 is 2.23 bits per heavy atom. The summed E-state index contributed by atoms with van der Waals surface area (Å²) < 4.78 is 27.6. The van der Waals surface area contributed by atoms with Gasteiger partial charge in [-0.3, -0.25) is 4.79 Å². The van der Waals surface area contributed by atoms with Crippen LogP contribution in [-0.2, 0) is 16.6 Å². The first-order valence-electron chi connectivity index (χ1n) is 9.94. The van der Waals surface area contributed by atoms with Crippen LogP contribution in [0.2, 0.25) is 0 Å². The molecule has 0 aliphatic rings. The Morgan fingerprint density at radius 1 is 1.00 bits per heavy atom. The van der Waals surface area contributed by atoms with E-state index >= 15 is 0 Å². The second-order valence-corrected chi connectivity index (χ2v) is 10.2. The van der Waals surface area contributed by atoms with Crippen LogP contribution in [0.5, 0.6) is 0 Å². The van der Waals surface area contributed by atoms with E-state index in [4.69, 9.17) is 0 Å². The van der Waals surface area contributed by atoms with Gasteiger partial charge < -0.3 is 16.0 Å². The van der Waals surface area contributed by atoms with E-state index < -0.39 is 15.6 Å². The third kappa shape index (κ3) is 8.03. The third-order valence-electron chi connectivity index (χ3n) is 3.93. The van der Waals surface area contributed by atoms with Crippen LogP contribution >= 0.6 is 0 Å². The van der Waals surface area contributed by atoms with Crippen molar-refractivity contribution in [2.24, 2.45) is 0 Å². The lowest BCUT2D eigenvalue weighted by Gasteiger charge is -2.20. The number of nitrogens with one attached hydrogen (secondary N) is 4. The average molecular weight is 447 g/mol. The second kappa shape index (κ2) is 9.93. The van der Waals surface area contributed by atoms with Gasteiger partial charge in [0.15, 0.2) is 0 Å². The summed E-state index contributed by atoms with van der Waals surface area (Å²) in [4.78, 5) is 24.3. The van der Waals surface area contributed by atoms with E-state index in [0.717, 1.165) is 5.56 Å². The van der Waals surface area contributed by atoms with E-state index in [1.807, 2.05) is 13.8 Å². The highest BCUT2D eigenvalue weighted by Gasteiger charge is 2.22. The molecule has 0 saturated heterocycles. The predicted molar refractivity (Wildman–Crippen MR) is 121 cm³/mol. The molecule has 2 rings (SSSR count). The van der Waals surface area contributed by atoms with Gasteiger partial charge in [-0.05, 0) is 70.5 Å². The Kier molecular flexibility index (Phi) is 7.80. The molecule has 0 aliphatic heterocycles. The first kappa shape index (κ1) is 24.4. The van der Waals surface area contributed by atoms with Crippen LogP contribution in [0.15, 0.2) is 53.4 Å².